The van der Waals surface area contributed by atoms with E-state index in [0.717, 1.165) is 11.7 Å². The van der Waals surface area contributed by atoms with Gasteiger partial charge < -0.3 is 0 Å². The van der Waals surface area contributed by atoms with Crippen LogP contribution in [0.2, 0.25) is 10.0 Å². The first-order valence-electron chi connectivity index (χ1n) is 4.84. The zero-order valence-electron chi connectivity index (χ0n) is 8.94. The largest absolute Gasteiger partial charge is 0.269 e. The van der Waals surface area contributed by atoms with E-state index < -0.39 is 0 Å². The predicted octanol–water partition coefficient (Wildman–Crippen LogP) is 3.55. The number of nitrogens with zero attached hydrogens (tertiary/aromatic N) is 4. The van der Waals surface area contributed by atoms with Crippen LogP contribution in [0.15, 0.2) is 6.07 Å². The minimum Gasteiger partial charge on any atom is -0.269 e. The van der Waals surface area contributed by atoms with E-state index in [4.69, 9.17) is 35.4 Å². The number of H-pyrrole nitrogens is 1. The Balaban J connectivity index is 2.50. The number of aromatic nitrogens is 5. The standard InChI is InChI=1S/C9H5Cl2N5S2/c1-3-12-13-9(17)16(3)8-5(11)2-4(10)6-7(8)15-18-14-6/h2H,1H3,(H,13,17). The molecule has 18 heavy (non-hydrogen) atoms. The SMILES string of the molecule is Cc1n[nH]c(=S)n1-c1c(Cl)cc(Cl)c2nsnc12. The van der Waals surface area contributed by atoms with Gasteiger partial charge in [-0.15, -0.1) is 0 Å². The van der Waals surface area contributed by atoms with Gasteiger partial charge in [0.15, 0.2) is 4.77 Å². The zero-order chi connectivity index (χ0) is 12.9. The summed E-state index contributed by atoms with van der Waals surface area (Å²) in [6.45, 7) is 1.82. The van der Waals surface area contributed by atoms with Gasteiger partial charge in [0.05, 0.1) is 27.5 Å². The van der Waals surface area contributed by atoms with Crippen molar-refractivity contribution in [1.29, 1.82) is 0 Å². The molecule has 0 aliphatic carbocycles. The van der Waals surface area contributed by atoms with Crippen LogP contribution in [0.5, 0.6) is 0 Å². The molecular weight excluding hydrogens is 313 g/mol. The molecule has 0 radical (unpaired) electrons. The van der Waals surface area contributed by atoms with Gasteiger partial charge in [-0.25, -0.2) is 0 Å². The molecule has 3 aromatic rings. The highest BCUT2D eigenvalue weighted by molar-refractivity contribution is 7.71. The van der Waals surface area contributed by atoms with Crippen LogP contribution in [-0.4, -0.2) is 23.5 Å². The van der Waals surface area contributed by atoms with Crippen molar-refractivity contribution in [3.63, 3.8) is 0 Å². The summed E-state index contributed by atoms with van der Waals surface area (Å²) < 4.78 is 10.6. The van der Waals surface area contributed by atoms with Crippen molar-refractivity contribution in [3.05, 3.63) is 26.7 Å². The lowest BCUT2D eigenvalue weighted by molar-refractivity contribution is 0.969. The van der Waals surface area contributed by atoms with Gasteiger partial charge in [-0.1, -0.05) is 23.2 Å². The monoisotopic (exact) mass is 317 g/mol. The van der Waals surface area contributed by atoms with Crippen LogP contribution in [0, 0.1) is 11.7 Å². The minimum absolute atomic E-state index is 0.450. The minimum atomic E-state index is 0.450. The van der Waals surface area contributed by atoms with Crippen LogP contribution in [0.1, 0.15) is 5.82 Å². The molecule has 0 unspecified atom stereocenters. The average molecular weight is 318 g/mol. The Morgan fingerprint density at radius 1 is 1.28 bits per heavy atom. The zero-order valence-corrected chi connectivity index (χ0v) is 12.1. The van der Waals surface area contributed by atoms with Gasteiger partial charge in [0, 0.05) is 0 Å². The number of halogens is 2. The Hall–Kier alpha value is -1.02. The maximum absolute atomic E-state index is 6.24. The van der Waals surface area contributed by atoms with Crippen molar-refractivity contribution < 1.29 is 0 Å². The molecule has 0 aliphatic rings. The van der Waals surface area contributed by atoms with E-state index in [9.17, 15) is 0 Å². The topological polar surface area (TPSA) is 59.4 Å². The van der Waals surface area contributed by atoms with Crippen LogP contribution >= 0.6 is 47.1 Å². The average Bonchev–Trinajstić information content (AvgIpc) is 2.90. The molecule has 92 valence electrons. The summed E-state index contributed by atoms with van der Waals surface area (Å²) in [6, 6.07) is 1.64. The first-order chi connectivity index (χ1) is 8.59. The fourth-order valence-corrected chi connectivity index (χ4v) is 3.17. The Labute approximate surface area is 121 Å². The van der Waals surface area contributed by atoms with Gasteiger partial charge in [-0.2, -0.15) is 13.8 Å². The fourth-order valence-electron chi connectivity index (χ4n) is 1.71. The molecular formula is C9H5Cl2N5S2. The van der Waals surface area contributed by atoms with Gasteiger partial charge in [0.25, 0.3) is 0 Å². The molecule has 1 N–H and O–H groups in total. The molecule has 1 aromatic carbocycles. The van der Waals surface area contributed by atoms with E-state index in [0.29, 0.717) is 37.4 Å². The lowest BCUT2D eigenvalue weighted by Crippen LogP contribution is -1.99. The third-order valence-electron chi connectivity index (χ3n) is 2.48. The Morgan fingerprint density at radius 3 is 2.67 bits per heavy atom. The summed E-state index contributed by atoms with van der Waals surface area (Å²) in [4.78, 5) is 0. The highest BCUT2D eigenvalue weighted by Gasteiger charge is 2.17. The second kappa shape index (κ2) is 4.27. The maximum atomic E-state index is 6.24. The van der Waals surface area contributed by atoms with Gasteiger partial charge in [0.2, 0.25) is 0 Å². The third kappa shape index (κ3) is 1.66. The number of hydrogen-bond donors (Lipinski definition) is 1. The van der Waals surface area contributed by atoms with E-state index in [1.165, 1.54) is 0 Å². The molecule has 0 fully saturated rings. The molecule has 0 aliphatic heterocycles. The maximum Gasteiger partial charge on any atom is 0.199 e. The molecule has 9 heteroatoms. The molecule has 0 amide bonds. The molecule has 0 bridgehead atoms. The molecule has 0 spiro atoms. The highest BCUT2D eigenvalue weighted by Crippen LogP contribution is 2.34. The number of aromatic amines is 1. The van der Waals surface area contributed by atoms with Crippen molar-refractivity contribution in [1.82, 2.24) is 23.5 Å². The van der Waals surface area contributed by atoms with Crippen molar-refractivity contribution in [2.24, 2.45) is 0 Å². The summed E-state index contributed by atoms with van der Waals surface area (Å²) in [5.74, 6) is 0.693. The van der Waals surface area contributed by atoms with Gasteiger partial charge in [0.1, 0.15) is 16.9 Å². The molecule has 0 saturated carbocycles. The Morgan fingerprint density at radius 2 is 2.00 bits per heavy atom. The molecule has 3 rings (SSSR count). The summed E-state index contributed by atoms with van der Waals surface area (Å²) >= 11 is 18.6. The third-order valence-corrected chi connectivity index (χ3v) is 3.86. The second-order valence-electron chi connectivity index (χ2n) is 3.56. The molecule has 0 atom stereocenters. The van der Waals surface area contributed by atoms with Crippen LogP contribution in [-0.2, 0) is 0 Å². The summed E-state index contributed by atoms with van der Waals surface area (Å²) in [5.41, 5.74) is 1.89. The van der Waals surface area contributed by atoms with E-state index >= 15 is 0 Å². The number of aryl methyl sites for hydroxylation is 1. The lowest BCUT2D eigenvalue weighted by Gasteiger charge is -2.07. The molecule has 2 aromatic heterocycles. The lowest BCUT2D eigenvalue weighted by atomic mass is 10.2. The number of hydrogen-bond acceptors (Lipinski definition) is 5. The van der Waals surface area contributed by atoms with Crippen molar-refractivity contribution >= 4 is 58.2 Å². The molecule has 5 nitrogen and oxygen atoms in total. The first-order valence-corrected chi connectivity index (χ1v) is 6.73. The van der Waals surface area contributed by atoms with Crippen molar-refractivity contribution in [2.75, 3.05) is 0 Å². The van der Waals surface area contributed by atoms with Crippen molar-refractivity contribution in [2.45, 2.75) is 6.92 Å². The van der Waals surface area contributed by atoms with Crippen LogP contribution in [0.25, 0.3) is 16.7 Å². The first kappa shape index (κ1) is 12.0. The quantitative estimate of drug-likeness (QED) is 0.697. The summed E-state index contributed by atoms with van der Waals surface area (Å²) in [7, 11) is 0. The van der Waals surface area contributed by atoms with Gasteiger partial charge in [-0.3, -0.25) is 9.67 Å². The summed E-state index contributed by atoms with van der Waals surface area (Å²) in [6.07, 6.45) is 0. The molecule has 2 heterocycles. The van der Waals surface area contributed by atoms with Crippen LogP contribution in [0.3, 0.4) is 0 Å². The smallest absolute Gasteiger partial charge is 0.199 e. The van der Waals surface area contributed by atoms with Gasteiger partial charge in [-0.05, 0) is 25.2 Å². The fraction of sp³-hybridized carbons (Fsp3) is 0.111. The second-order valence-corrected chi connectivity index (χ2v) is 5.29. The number of benzene rings is 1. The van der Waals surface area contributed by atoms with Gasteiger partial charge >= 0.3 is 0 Å². The van der Waals surface area contributed by atoms with E-state index in [1.54, 1.807) is 10.6 Å². The van der Waals surface area contributed by atoms with Crippen LogP contribution < -0.4 is 0 Å². The van der Waals surface area contributed by atoms with Crippen LogP contribution in [0.4, 0.5) is 0 Å². The Bertz CT molecular complexity index is 803. The number of fused-ring (bicyclic) bond motifs is 1. The number of nitrogens with one attached hydrogen (secondary N) is 1. The number of rotatable bonds is 1. The molecule has 0 saturated heterocycles. The van der Waals surface area contributed by atoms with E-state index in [2.05, 4.69) is 18.9 Å². The van der Waals surface area contributed by atoms with E-state index in [-0.39, 0.29) is 0 Å². The van der Waals surface area contributed by atoms with E-state index in [1.807, 2.05) is 6.92 Å². The predicted molar refractivity (Wildman–Crippen MR) is 74.5 cm³/mol. The Kier molecular flexibility index (Phi) is 2.86. The highest BCUT2D eigenvalue weighted by atomic mass is 35.5. The summed E-state index contributed by atoms with van der Waals surface area (Å²) in [5, 5.41) is 7.70. The van der Waals surface area contributed by atoms with Crippen molar-refractivity contribution in [3.8, 4) is 5.69 Å². The normalized spacial score (nSPS) is 11.3.